The van der Waals surface area contributed by atoms with Crippen LogP contribution in [0.4, 0.5) is 0 Å². The van der Waals surface area contributed by atoms with Gasteiger partial charge >= 0.3 is 0 Å². The molecule has 9 heteroatoms. The van der Waals surface area contributed by atoms with Crippen LogP contribution in [-0.2, 0) is 21.7 Å². The molecule has 1 N–H and O–H groups in total. The van der Waals surface area contributed by atoms with Crippen LogP contribution in [0.5, 0.6) is 0 Å². The number of amides is 1. The van der Waals surface area contributed by atoms with Crippen LogP contribution in [0.1, 0.15) is 38.3 Å². The van der Waals surface area contributed by atoms with Crippen molar-refractivity contribution in [3.63, 3.8) is 0 Å². The van der Waals surface area contributed by atoms with Crippen LogP contribution in [-0.4, -0.2) is 64.9 Å². The molecule has 2 aromatic rings. The van der Waals surface area contributed by atoms with Gasteiger partial charge < -0.3 is 4.90 Å². The van der Waals surface area contributed by atoms with Crippen LogP contribution in [0, 0.1) is 5.92 Å². The van der Waals surface area contributed by atoms with Gasteiger partial charge in [-0.3, -0.25) is 14.8 Å². The van der Waals surface area contributed by atoms with Gasteiger partial charge in [0, 0.05) is 49.1 Å². The standard InChI is InChI=1S/C21H29N5O3S/c1-14(2)18(23-16-8-12-30(28,29)13-16)21(27)26-10-6-15(7-11-26)19-17-5-4-9-22-20(17)25(3)24-19/h4-5,8-9,12,14-16,18,23H,6-7,10-11,13H2,1-3H3. The van der Waals surface area contributed by atoms with E-state index in [9.17, 15) is 13.2 Å². The van der Waals surface area contributed by atoms with Crippen LogP contribution >= 0.6 is 0 Å². The minimum absolute atomic E-state index is 0.0202. The number of aromatic nitrogens is 3. The van der Waals surface area contributed by atoms with E-state index < -0.39 is 15.9 Å². The van der Waals surface area contributed by atoms with E-state index in [1.54, 1.807) is 12.3 Å². The molecule has 30 heavy (non-hydrogen) atoms. The molecule has 2 aromatic heterocycles. The number of pyridine rings is 1. The average Bonchev–Trinajstić information content (AvgIpc) is 3.24. The number of likely N-dealkylation sites (tertiary alicyclic amines) is 1. The van der Waals surface area contributed by atoms with Crippen molar-refractivity contribution in [1.82, 2.24) is 25.0 Å². The van der Waals surface area contributed by atoms with E-state index in [4.69, 9.17) is 5.10 Å². The average molecular weight is 432 g/mol. The molecule has 8 nitrogen and oxygen atoms in total. The summed E-state index contributed by atoms with van der Waals surface area (Å²) >= 11 is 0. The molecule has 0 saturated carbocycles. The molecule has 0 bridgehead atoms. The number of carbonyl (C=O) groups excluding carboxylic acids is 1. The topological polar surface area (TPSA) is 97.2 Å². The Morgan fingerprint density at radius 2 is 2.00 bits per heavy atom. The normalized spacial score (nSPS) is 22.8. The fourth-order valence-electron chi connectivity index (χ4n) is 4.45. The highest BCUT2D eigenvalue weighted by Crippen LogP contribution is 2.32. The predicted octanol–water partition coefficient (Wildman–Crippen LogP) is 1.60. The third-order valence-corrected chi connectivity index (χ3v) is 7.47. The molecule has 1 amide bonds. The van der Waals surface area contributed by atoms with Gasteiger partial charge in [0.15, 0.2) is 15.5 Å². The number of nitrogens with one attached hydrogen (secondary N) is 1. The number of carbonyl (C=O) groups is 1. The highest BCUT2D eigenvalue weighted by atomic mass is 32.2. The van der Waals surface area contributed by atoms with Crippen molar-refractivity contribution in [2.24, 2.45) is 13.0 Å². The van der Waals surface area contributed by atoms with Crippen molar-refractivity contribution in [2.75, 3.05) is 18.8 Å². The molecular weight excluding hydrogens is 402 g/mol. The summed E-state index contributed by atoms with van der Waals surface area (Å²) in [6.07, 6.45) is 5.13. The van der Waals surface area contributed by atoms with Gasteiger partial charge in [-0.15, -0.1) is 0 Å². The third-order valence-electron chi connectivity index (χ3n) is 6.08. The zero-order chi connectivity index (χ0) is 21.5. The smallest absolute Gasteiger partial charge is 0.239 e. The van der Waals surface area contributed by atoms with Gasteiger partial charge in [0.25, 0.3) is 0 Å². The fourth-order valence-corrected chi connectivity index (χ4v) is 5.70. The minimum atomic E-state index is -3.15. The maximum absolute atomic E-state index is 13.2. The lowest BCUT2D eigenvalue weighted by atomic mass is 9.91. The number of rotatable bonds is 5. The Kier molecular flexibility index (Phi) is 5.67. The maximum atomic E-state index is 13.2. The monoisotopic (exact) mass is 431 g/mol. The SMILES string of the molecule is CC(C)C(NC1C=CS(=O)(=O)C1)C(=O)N1CCC(c2nn(C)c3ncccc23)CC1. The van der Waals surface area contributed by atoms with Gasteiger partial charge in [0.1, 0.15) is 0 Å². The van der Waals surface area contributed by atoms with Crippen molar-refractivity contribution in [3.05, 3.63) is 35.5 Å². The summed E-state index contributed by atoms with van der Waals surface area (Å²) in [5, 5.41) is 10.3. The molecule has 2 atom stereocenters. The summed E-state index contributed by atoms with van der Waals surface area (Å²) in [4.78, 5) is 19.5. The summed E-state index contributed by atoms with van der Waals surface area (Å²) in [7, 11) is -1.24. The Labute approximate surface area is 177 Å². The van der Waals surface area contributed by atoms with Crippen molar-refractivity contribution in [1.29, 1.82) is 0 Å². The number of hydrogen-bond acceptors (Lipinski definition) is 6. The Morgan fingerprint density at radius 1 is 1.27 bits per heavy atom. The number of sulfone groups is 1. The second-order valence-electron chi connectivity index (χ2n) is 8.64. The van der Waals surface area contributed by atoms with Crippen molar-refractivity contribution in [2.45, 2.75) is 44.7 Å². The predicted molar refractivity (Wildman–Crippen MR) is 116 cm³/mol. The molecule has 0 radical (unpaired) electrons. The summed E-state index contributed by atoms with van der Waals surface area (Å²) in [5.41, 5.74) is 1.95. The van der Waals surface area contributed by atoms with Gasteiger partial charge in [-0.05, 0) is 30.9 Å². The fraction of sp³-hybridized carbons (Fsp3) is 0.571. The molecule has 4 heterocycles. The second kappa shape index (κ2) is 8.11. The van der Waals surface area contributed by atoms with Crippen molar-refractivity contribution < 1.29 is 13.2 Å². The number of aryl methyl sites for hydroxylation is 1. The first kappa shape index (κ1) is 21.0. The van der Waals surface area contributed by atoms with Crippen molar-refractivity contribution >= 4 is 26.8 Å². The van der Waals surface area contributed by atoms with Gasteiger partial charge in [-0.1, -0.05) is 19.9 Å². The van der Waals surface area contributed by atoms with Crippen LogP contribution in [0.2, 0.25) is 0 Å². The number of piperidine rings is 1. The maximum Gasteiger partial charge on any atom is 0.239 e. The van der Waals surface area contributed by atoms with E-state index in [0.29, 0.717) is 19.0 Å². The summed E-state index contributed by atoms with van der Waals surface area (Å²) in [6, 6.07) is 3.29. The van der Waals surface area contributed by atoms with E-state index in [-0.39, 0.29) is 23.6 Å². The van der Waals surface area contributed by atoms with Gasteiger partial charge in [0.05, 0.1) is 17.5 Å². The van der Waals surface area contributed by atoms with E-state index >= 15 is 0 Å². The van der Waals surface area contributed by atoms with Crippen LogP contribution in [0.25, 0.3) is 11.0 Å². The zero-order valence-corrected chi connectivity index (χ0v) is 18.5. The van der Waals surface area contributed by atoms with Crippen molar-refractivity contribution in [3.8, 4) is 0 Å². The minimum Gasteiger partial charge on any atom is -0.341 e. The number of nitrogens with zero attached hydrogens (tertiary/aromatic N) is 4. The Morgan fingerprint density at radius 3 is 2.63 bits per heavy atom. The largest absolute Gasteiger partial charge is 0.341 e. The lowest BCUT2D eigenvalue weighted by Crippen LogP contribution is -2.54. The van der Waals surface area contributed by atoms with Crippen LogP contribution in [0.15, 0.2) is 29.8 Å². The molecule has 0 aliphatic carbocycles. The Hall–Kier alpha value is -2.26. The lowest BCUT2D eigenvalue weighted by Gasteiger charge is -2.35. The quantitative estimate of drug-likeness (QED) is 0.772. The molecule has 2 aliphatic rings. The molecule has 2 aliphatic heterocycles. The van der Waals surface area contributed by atoms with Gasteiger partial charge in [0.2, 0.25) is 5.91 Å². The van der Waals surface area contributed by atoms with Gasteiger partial charge in [-0.2, -0.15) is 5.10 Å². The van der Waals surface area contributed by atoms with E-state index in [1.165, 1.54) is 5.41 Å². The molecule has 2 unspecified atom stereocenters. The molecular formula is C21H29N5O3S. The molecule has 1 saturated heterocycles. The zero-order valence-electron chi connectivity index (χ0n) is 17.7. The number of fused-ring (bicyclic) bond motifs is 1. The van der Waals surface area contributed by atoms with Gasteiger partial charge in [-0.25, -0.2) is 13.4 Å². The first-order chi connectivity index (χ1) is 14.2. The van der Waals surface area contributed by atoms with E-state index in [0.717, 1.165) is 29.6 Å². The van der Waals surface area contributed by atoms with Crippen LogP contribution in [0.3, 0.4) is 0 Å². The molecule has 1 fully saturated rings. The molecule has 0 aromatic carbocycles. The summed E-state index contributed by atoms with van der Waals surface area (Å²) < 4.78 is 25.2. The van der Waals surface area contributed by atoms with Crippen LogP contribution < -0.4 is 5.32 Å². The first-order valence-corrected chi connectivity index (χ1v) is 12.2. The van der Waals surface area contributed by atoms with E-state index in [1.807, 2.05) is 36.5 Å². The van der Waals surface area contributed by atoms with E-state index in [2.05, 4.69) is 16.4 Å². The molecule has 4 rings (SSSR count). The highest BCUT2D eigenvalue weighted by molar-refractivity contribution is 7.94. The highest BCUT2D eigenvalue weighted by Gasteiger charge is 2.34. The second-order valence-corrected chi connectivity index (χ2v) is 10.6. The molecule has 162 valence electrons. The summed E-state index contributed by atoms with van der Waals surface area (Å²) in [5.74, 6) is 0.438. The Bertz CT molecular complexity index is 1070. The first-order valence-electron chi connectivity index (χ1n) is 10.5. The number of hydrogen-bond donors (Lipinski definition) is 1. The lowest BCUT2D eigenvalue weighted by molar-refractivity contribution is -0.135. The Balaban J connectivity index is 1.42. The third kappa shape index (κ3) is 4.13. The molecule has 0 spiro atoms. The summed E-state index contributed by atoms with van der Waals surface area (Å²) in [6.45, 7) is 5.32.